The number of carbonyl (C=O) groups excluding carboxylic acids is 2. The maximum Gasteiger partial charge on any atom is 0.407 e. The fourth-order valence-electron chi connectivity index (χ4n) is 4.91. The minimum Gasteiger partial charge on any atom is -0.481 e. The number of benzene rings is 2. The summed E-state index contributed by atoms with van der Waals surface area (Å²) in [5.74, 6) is -2.29. The summed E-state index contributed by atoms with van der Waals surface area (Å²) in [7, 11) is 0. The molecule has 2 aliphatic rings. The molecular weight excluding hydrogens is 420 g/mol. The molecule has 0 radical (unpaired) electrons. The van der Waals surface area contributed by atoms with Gasteiger partial charge in [-0.15, -0.1) is 0 Å². The van der Waals surface area contributed by atoms with Gasteiger partial charge >= 0.3 is 12.1 Å². The molecular formula is C26H30N2O5. The number of rotatable bonds is 7. The van der Waals surface area contributed by atoms with Crippen LogP contribution in [0.3, 0.4) is 0 Å². The van der Waals surface area contributed by atoms with E-state index in [1.807, 2.05) is 24.3 Å². The lowest BCUT2D eigenvalue weighted by Gasteiger charge is -2.24. The zero-order chi connectivity index (χ0) is 23.5. The maximum absolute atomic E-state index is 12.7. The highest BCUT2D eigenvalue weighted by Gasteiger charge is 2.36. The molecule has 174 valence electrons. The van der Waals surface area contributed by atoms with Crippen LogP contribution in [-0.2, 0) is 14.3 Å². The molecule has 7 nitrogen and oxygen atoms in total. The number of fused-ring (bicyclic) bond motifs is 3. The van der Waals surface area contributed by atoms with Gasteiger partial charge in [-0.1, -0.05) is 55.0 Å². The van der Waals surface area contributed by atoms with E-state index >= 15 is 0 Å². The smallest absolute Gasteiger partial charge is 0.407 e. The molecule has 2 unspecified atom stereocenters. The van der Waals surface area contributed by atoms with E-state index in [-0.39, 0.29) is 24.5 Å². The standard InChI is InChI=1S/C26H30N2O5/c1-15(25(30)31)16(2)27-24(29)21-12-7-13-23(21)28-26(32)33-14-22-19-10-5-3-8-17(19)18-9-4-6-11-20(18)22/h3-6,8-11,15-16,21-23H,7,12-14H2,1-2H3,(H,27,29)(H,28,32)(H,30,31)/t15?,16?,21-,23+/m1/s1. The number of hydrogen-bond donors (Lipinski definition) is 3. The van der Waals surface area contributed by atoms with E-state index in [0.717, 1.165) is 17.5 Å². The van der Waals surface area contributed by atoms with Gasteiger partial charge < -0.3 is 20.5 Å². The Morgan fingerprint density at radius 2 is 1.61 bits per heavy atom. The van der Waals surface area contributed by atoms with Gasteiger partial charge in [-0.25, -0.2) is 4.79 Å². The molecule has 4 rings (SSSR count). The fraction of sp³-hybridized carbons (Fsp3) is 0.423. The maximum atomic E-state index is 12.7. The van der Waals surface area contributed by atoms with Crippen molar-refractivity contribution in [3.05, 3.63) is 59.7 Å². The van der Waals surface area contributed by atoms with Crippen molar-refractivity contribution in [2.45, 2.75) is 51.1 Å². The lowest BCUT2D eigenvalue weighted by molar-refractivity contribution is -0.142. The molecule has 33 heavy (non-hydrogen) atoms. The largest absolute Gasteiger partial charge is 0.481 e. The predicted octanol–water partition coefficient (Wildman–Crippen LogP) is 3.92. The third-order valence-corrected chi connectivity index (χ3v) is 7.01. The van der Waals surface area contributed by atoms with Crippen LogP contribution in [0.5, 0.6) is 0 Å². The zero-order valence-corrected chi connectivity index (χ0v) is 18.9. The number of carboxylic acids is 1. The van der Waals surface area contributed by atoms with Crippen molar-refractivity contribution in [1.82, 2.24) is 10.6 Å². The molecule has 1 saturated carbocycles. The van der Waals surface area contributed by atoms with Crippen LogP contribution in [0, 0.1) is 11.8 Å². The van der Waals surface area contributed by atoms with Crippen LogP contribution in [0.4, 0.5) is 4.79 Å². The Balaban J connectivity index is 1.35. The normalized spacial score (nSPS) is 20.9. The molecule has 0 aromatic heterocycles. The second-order valence-corrected chi connectivity index (χ2v) is 9.04. The Morgan fingerprint density at radius 1 is 1.00 bits per heavy atom. The van der Waals surface area contributed by atoms with Gasteiger partial charge in [0.05, 0.1) is 11.8 Å². The Hall–Kier alpha value is -3.35. The van der Waals surface area contributed by atoms with Gasteiger partial charge in [-0.3, -0.25) is 9.59 Å². The van der Waals surface area contributed by atoms with Crippen LogP contribution in [0.2, 0.25) is 0 Å². The summed E-state index contributed by atoms with van der Waals surface area (Å²) in [5.41, 5.74) is 4.62. The summed E-state index contributed by atoms with van der Waals surface area (Å²) < 4.78 is 5.62. The van der Waals surface area contributed by atoms with E-state index in [1.54, 1.807) is 13.8 Å². The monoisotopic (exact) mass is 450 g/mol. The van der Waals surface area contributed by atoms with Gasteiger partial charge in [0.2, 0.25) is 5.91 Å². The highest BCUT2D eigenvalue weighted by atomic mass is 16.5. The molecule has 0 bridgehead atoms. The first-order chi connectivity index (χ1) is 15.9. The summed E-state index contributed by atoms with van der Waals surface area (Å²) in [6.45, 7) is 3.46. The van der Waals surface area contributed by atoms with Crippen LogP contribution in [0.25, 0.3) is 11.1 Å². The number of carbonyl (C=O) groups is 3. The second kappa shape index (κ2) is 9.65. The van der Waals surface area contributed by atoms with Crippen molar-refractivity contribution >= 4 is 18.0 Å². The summed E-state index contributed by atoms with van der Waals surface area (Å²) >= 11 is 0. The average molecular weight is 451 g/mol. The Labute approximate surface area is 193 Å². The molecule has 2 aliphatic carbocycles. The van der Waals surface area contributed by atoms with Gasteiger partial charge in [0.1, 0.15) is 6.61 Å². The molecule has 2 aromatic carbocycles. The number of amides is 2. The van der Waals surface area contributed by atoms with E-state index in [9.17, 15) is 14.4 Å². The minimum atomic E-state index is -0.956. The zero-order valence-electron chi connectivity index (χ0n) is 18.9. The molecule has 4 atom stereocenters. The van der Waals surface area contributed by atoms with E-state index < -0.39 is 29.9 Å². The van der Waals surface area contributed by atoms with Gasteiger partial charge in [0.25, 0.3) is 0 Å². The highest BCUT2D eigenvalue weighted by molar-refractivity contribution is 5.82. The summed E-state index contributed by atoms with van der Waals surface area (Å²) in [6, 6.07) is 15.5. The molecule has 1 fully saturated rings. The van der Waals surface area contributed by atoms with E-state index in [0.29, 0.717) is 12.8 Å². The summed E-state index contributed by atoms with van der Waals surface area (Å²) in [5, 5.41) is 14.8. The second-order valence-electron chi connectivity index (χ2n) is 9.04. The third kappa shape index (κ3) is 4.72. The molecule has 2 aromatic rings. The lowest BCUT2D eigenvalue weighted by Crippen LogP contribution is -2.48. The van der Waals surface area contributed by atoms with Crippen LogP contribution < -0.4 is 10.6 Å². The molecule has 0 spiro atoms. The number of hydrogen-bond acceptors (Lipinski definition) is 4. The SMILES string of the molecule is CC(NC(=O)[C@@H]1CCC[C@@H]1NC(=O)OCC1c2ccccc2-c2ccccc21)C(C)C(=O)O. The first-order valence-electron chi connectivity index (χ1n) is 11.5. The van der Waals surface area contributed by atoms with Crippen molar-refractivity contribution in [2.24, 2.45) is 11.8 Å². The average Bonchev–Trinajstić information content (AvgIpc) is 3.39. The lowest BCUT2D eigenvalue weighted by atomic mass is 9.98. The molecule has 2 amide bonds. The van der Waals surface area contributed by atoms with Gasteiger partial charge in [-0.05, 0) is 48.9 Å². The first kappa shape index (κ1) is 22.8. The first-order valence-corrected chi connectivity index (χ1v) is 11.5. The highest BCUT2D eigenvalue weighted by Crippen LogP contribution is 2.44. The Morgan fingerprint density at radius 3 is 2.21 bits per heavy atom. The number of carboxylic acid groups (broad SMARTS) is 1. The van der Waals surface area contributed by atoms with Crippen LogP contribution in [-0.4, -0.2) is 41.8 Å². The van der Waals surface area contributed by atoms with Crippen LogP contribution in [0.1, 0.15) is 50.2 Å². The minimum absolute atomic E-state index is 0.0239. The van der Waals surface area contributed by atoms with Crippen molar-refractivity contribution in [2.75, 3.05) is 6.61 Å². The van der Waals surface area contributed by atoms with Crippen LogP contribution in [0.15, 0.2) is 48.5 Å². The van der Waals surface area contributed by atoms with Crippen molar-refractivity contribution < 1.29 is 24.2 Å². The fourth-order valence-corrected chi connectivity index (χ4v) is 4.91. The van der Waals surface area contributed by atoms with Gasteiger partial charge in [0, 0.05) is 18.0 Å². The summed E-state index contributed by atoms with van der Waals surface area (Å²) in [6.07, 6.45) is 1.61. The van der Waals surface area contributed by atoms with Crippen molar-refractivity contribution in [3.8, 4) is 11.1 Å². The Bertz CT molecular complexity index is 1010. The third-order valence-electron chi connectivity index (χ3n) is 7.01. The molecule has 7 heteroatoms. The molecule has 0 aliphatic heterocycles. The Kier molecular flexibility index (Phi) is 6.67. The van der Waals surface area contributed by atoms with Crippen molar-refractivity contribution in [1.29, 1.82) is 0 Å². The van der Waals surface area contributed by atoms with Gasteiger partial charge in [0.15, 0.2) is 0 Å². The number of ether oxygens (including phenoxy) is 1. The molecule has 0 heterocycles. The number of alkyl carbamates (subject to hydrolysis) is 1. The topological polar surface area (TPSA) is 105 Å². The van der Waals surface area contributed by atoms with Crippen LogP contribution >= 0.6 is 0 Å². The van der Waals surface area contributed by atoms with E-state index in [4.69, 9.17) is 9.84 Å². The molecule has 3 N–H and O–H groups in total. The van der Waals surface area contributed by atoms with E-state index in [1.165, 1.54) is 11.1 Å². The van der Waals surface area contributed by atoms with Gasteiger partial charge in [-0.2, -0.15) is 0 Å². The van der Waals surface area contributed by atoms with Crippen molar-refractivity contribution in [3.63, 3.8) is 0 Å². The number of aliphatic carboxylic acids is 1. The quantitative estimate of drug-likeness (QED) is 0.593. The summed E-state index contributed by atoms with van der Waals surface area (Å²) in [4.78, 5) is 36.5. The number of nitrogens with one attached hydrogen (secondary N) is 2. The predicted molar refractivity (Wildman–Crippen MR) is 124 cm³/mol. The molecule has 0 saturated heterocycles. The van der Waals surface area contributed by atoms with E-state index in [2.05, 4.69) is 34.9 Å².